The van der Waals surface area contributed by atoms with Gasteiger partial charge in [-0.05, 0) is 50.9 Å². The van der Waals surface area contributed by atoms with Gasteiger partial charge in [-0.25, -0.2) is 0 Å². The Morgan fingerprint density at radius 2 is 2.10 bits per heavy atom. The first-order chi connectivity index (χ1) is 9.84. The highest BCUT2D eigenvalue weighted by Crippen LogP contribution is 2.27. The van der Waals surface area contributed by atoms with Crippen LogP contribution in [0.3, 0.4) is 0 Å². The average Bonchev–Trinajstić information content (AvgIpc) is 3.18. The first-order valence-corrected chi connectivity index (χ1v) is 9.20. The number of rotatable bonds is 4. The second-order valence-electron chi connectivity index (χ2n) is 6.17. The van der Waals surface area contributed by atoms with Crippen LogP contribution in [0.25, 0.3) is 0 Å². The minimum atomic E-state index is 0.239. The summed E-state index contributed by atoms with van der Waals surface area (Å²) in [6.45, 7) is 3.68. The molecule has 0 aliphatic carbocycles. The Balaban J connectivity index is 1.64. The van der Waals surface area contributed by atoms with Crippen LogP contribution in [0.1, 0.15) is 32.1 Å². The molecule has 3 rings (SSSR count). The van der Waals surface area contributed by atoms with Crippen LogP contribution < -0.4 is 5.32 Å². The van der Waals surface area contributed by atoms with E-state index in [4.69, 9.17) is 4.74 Å². The average molecular weight is 298 g/mol. The van der Waals surface area contributed by atoms with Gasteiger partial charge in [0.1, 0.15) is 0 Å². The second-order valence-corrected chi connectivity index (χ2v) is 7.32. The van der Waals surface area contributed by atoms with Gasteiger partial charge in [0.2, 0.25) is 5.91 Å². The van der Waals surface area contributed by atoms with Gasteiger partial charge in [-0.3, -0.25) is 4.79 Å². The van der Waals surface area contributed by atoms with E-state index < -0.39 is 0 Å². The number of thioether (sulfide) groups is 1. The Hall–Kier alpha value is -0.260. The standard InChI is InChI=1S/C15H26N2O2S/c18-15(12-3-6-16-7-4-12)17(13-5-9-20-11-13)10-14-2-1-8-19-14/h12-14,16H,1-11H2. The van der Waals surface area contributed by atoms with Gasteiger partial charge < -0.3 is 15.0 Å². The minimum absolute atomic E-state index is 0.239. The van der Waals surface area contributed by atoms with E-state index in [0.717, 1.165) is 64.1 Å². The molecule has 1 amide bonds. The third kappa shape index (κ3) is 3.49. The number of carbonyl (C=O) groups is 1. The van der Waals surface area contributed by atoms with Crippen molar-refractivity contribution in [3.63, 3.8) is 0 Å². The summed E-state index contributed by atoms with van der Waals surface area (Å²) in [6.07, 6.45) is 5.72. The normalized spacial score (nSPS) is 31.6. The van der Waals surface area contributed by atoms with Crippen molar-refractivity contribution < 1.29 is 9.53 Å². The lowest BCUT2D eigenvalue weighted by atomic mass is 9.95. The fourth-order valence-electron chi connectivity index (χ4n) is 3.50. The van der Waals surface area contributed by atoms with Gasteiger partial charge in [0.15, 0.2) is 0 Å². The largest absolute Gasteiger partial charge is 0.376 e. The fraction of sp³-hybridized carbons (Fsp3) is 0.933. The summed E-state index contributed by atoms with van der Waals surface area (Å²) in [7, 11) is 0. The van der Waals surface area contributed by atoms with Crippen LogP contribution >= 0.6 is 11.8 Å². The van der Waals surface area contributed by atoms with Crippen LogP contribution in [0.5, 0.6) is 0 Å². The molecule has 0 aromatic carbocycles. The Kier molecular flexibility index (Phi) is 5.24. The van der Waals surface area contributed by atoms with Crippen LogP contribution in [0.15, 0.2) is 0 Å². The molecule has 5 heteroatoms. The molecule has 0 saturated carbocycles. The zero-order valence-corrected chi connectivity index (χ0v) is 13.0. The molecule has 1 N–H and O–H groups in total. The van der Waals surface area contributed by atoms with Gasteiger partial charge in [0.05, 0.1) is 6.10 Å². The van der Waals surface area contributed by atoms with E-state index in [-0.39, 0.29) is 12.0 Å². The molecule has 0 aromatic heterocycles. The Morgan fingerprint density at radius 1 is 1.25 bits per heavy atom. The van der Waals surface area contributed by atoms with Crippen molar-refractivity contribution in [3.05, 3.63) is 0 Å². The van der Waals surface area contributed by atoms with Gasteiger partial charge in [0.25, 0.3) is 0 Å². The summed E-state index contributed by atoms with van der Waals surface area (Å²) in [6, 6.07) is 0.451. The third-order valence-electron chi connectivity index (χ3n) is 4.74. The zero-order valence-electron chi connectivity index (χ0n) is 12.2. The zero-order chi connectivity index (χ0) is 13.8. The molecular weight excluding hydrogens is 272 g/mol. The fourth-order valence-corrected chi connectivity index (χ4v) is 4.72. The monoisotopic (exact) mass is 298 g/mol. The molecule has 0 bridgehead atoms. The summed E-state index contributed by atoms with van der Waals surface area (Å²) < 4.78 is 5.77. The molecule has 2 atom stereocenters. The van der Waals surface area contributed by atoms with Gasteiger partial charge >= 0.3 is 0 Å². The molecule has 0 spiro atoms. The van der Waals surface area contributed by atoms with E-state index in [1.165, 1.54) is 5.75 Å². The molecule has 0 aromatic rings. The van der Waals surface area contributed by atoms with Crippen molar-refractivity contribution in [2.75, 3.05) is 37.7 Å². The lowest BCUT2D eigenvalue weighted by Gasteiger charge is -2.35. The van der Waals surface area contributed by atoms with E-state index in [9.17, 15) is 4.79 Å². The molecular formula is C15H26N2O2S. The third-order valence-corrected chi connectivity index (χ3v) is 5.89. The highest BCUT2D eigenvalue weighted by atomic mass is 32.2. The summed E-state index contributed by atoms with van der Waals surface area (Å²) in [5.41, 5.74) is 0. The predicted octanol–water partition coefficient (Wildman–Crippen LogP) is 1.50. The van der Waals surface area contributed by atoms with Gasteiger partial charge in [-0.15, -0.1) is 0 Å². The maximum atomic E-state index is 12.9. The number of piperidine rings is 1. The SMILES string of the molecule is O=C(C1CCNCC1)N(CC1CCCO1)C1CCSC1. The number of hydrogen-bond donors (Lipinski definition) is 1. The topological polar surface area (TPSA) is 41.6 Å². The van der Waals surface area contributed by atoms with Crippen molar-refractivity contribution >= 4 is 17.7 Å². The van der Waals surface area contributed by atoms with Gasteiger partial charge in [-0.2, -0.15) is 11.8 Å². The molecule has 4 nitrogen and oxygen atoms in total. The second kappa shape index (κ2) is 7.14. The first kappa shape index (κ1) is 14.7. The van der Waals surface area contributed by atoms with E-state index in [2.05, 4.69) is 10.2 Å². The van der Waals surface area contributed by atoms with Crippen molar-refractivity contribution in [2.45, 2.75) is 44.2 Å². The Labute approximate surface area is 126 Å². The molecule has 3 aliphatic rings. The van der Waals surface area contributed by atoms with Crippen molar-refractivity contribution in [2.24, 2.45) is 5.92 Å². The summed E-state index contributed by atoms with van der Waals surface area (Å²) in [5.74, 6) is 2.95. The molecule has 3 fully saturated rings. The maximum absolute atomic E-state index is 12.9. The number of nitrogens with one attached hydrogen (secondary N) is 1. The van der Waals surface area contributed by atoms with Crippen molar-refractivity contribution in [1.29, 1.82) is 0 Å². The van der Waals surface area contributed by atoms with E-state index in [0.29, 0.717) is 11.9 Å². The first-order valence-electron chi connectivity index (χ1n) is 8.05. The molecule has 3 heterocycles. The van der Waals surface area contributed by atoms with Crippen LogP contribution in [0, 0.1) is 5.92 Å². The Bertz CT molecular complexity index is 322. The molecule has 2 unspecified atom stereocenters. The number of carbonyl (C=O) groups excluding carboxylic acids is 1. The highest BCUT2D eigenvalue weighted by molar-refractivity contribution is 7.99. The van der Waals surface area contributed by atoms with Crippen molar-refractivity contribution in [3.8, 4) is 0 Å². The molecule has 114 valence electrons. The van der Waals surface area contributed by atoms with Crippen LogP contribution in [-0.4, -0.2) is 60.7 Å². The van der Waals surface area contributed by atoms with E-state index >= 15 is 0 Å². The van der Waals surface area contributed by atoms with E-state index in [1.807, 2.05) is 11.8 Å². The number of ether oxygens (including phenoxy) is 1. The summed E-state index contributed by atoms with van der Waals surface area (Å²) in [4.78, 5) is 15.1. The van der Waals surface area contributed by atoms with Crippen LogP contribution in [-0.2, 0) is 9.53 Å². The predicted molar refractivity (Wildman–Crippen MR) is 82.0 cm³/mol. The lowest BCUT2D eigenvalue weighted by Crippen LogP contribution is -2.49. The lowest BCUT2D eigenvalue weighted by molar-refractivity contribution is -0.140. The smallest absolute Gasteiger partial charge is 0.226 e. The number of hydrogen-bond acceptors (Lipinski definition) is 4. The Morgan fingerprint density at radius 3 is 2.75 bits per heavy atom. The summed E-state index contributed by atoms with van der Waals surface area (Å²) >= 11 is 1.99. The van der Waals surface area contributed by atoms with Crippen molar-refractivity contribution in [1.82, 2.24) is 10.2 Å². The molecule has 20 heavy (non-hydrogen) atoms. The van der Waals surface area contributed by atoms with E-state index in [1.54, 1.807) is 0 Å². The molecule has 3 saturated heterocycles. The highest BCUT2D eigenvalue weighted by Gasteiger charge is 2.34. The van der Waals surface area contributed by atoms with Gasteiger partial charge in [0, 0.05) is 30.9 Å². The molecule has 0 radical (unpaired) electrons. The number of amides is 1. The van der Waals surface area contributed by atoms with Crippen LogP contribution in [0.4, 0.5) is 0 Å². The summed E-state index contributed by atoms with van der Waals surface area (Å²) in [5, 5.41) is 3.35. The number of nitrogens with zero attached hydrogens (tertiary/aromatic N) is 1. The quantitative estimate of drug-likeness (QED) is 0.854. The van der Waals surface area contributed by atoms with Crippen LogP contribution in [0.2, 0.25) is 0 Å². The van der Waals surface area contributed by atoms with Gasteiger partial charge in [-0.1, -0.05) is 0 Å². The minimum Gasteiger partial charge on any atom is -0.376 e. The maximum Gasteiger partial charge on any atom is 0.226 e. The molecule has 3 aliphatic heterocycles.